The molecular formula is C14H27ClN2O. The lowest BCUT2D eigenvalue weighted by Crippen LogP contribution is -2.39. The molecule has 1 aliphatic carbocycles. The Kier molecular flexibility index (Phi) is 7.02. The molecule has 4 heteroatoms. The van der Waals surface area contributed by atoms with Gasteiger partial charge in [0, 0.05) is 12.5 Å². The van der Waals surface area contributed by atoms with Gasteiger partial charge in [0.2, 0.25) is 5.91 Å². The normalized spacial score (nSPS) is 26.4. The highest BCUT2D eigenvalue weighted by atomic mass is 35.5. The van der Waals surface area contributed by atoms with Gasteiger partial charge in [0.05, 0.1) is 0 Å². The van der Waals surface area contributed by atoms with Crippen molar-refractivity contribution >= 4 is 18.3 Å². The Morgan fingerprint density at radius 1 is 1.28 bits per heavy atom. The number of halogens is 1. The molecule has 2 aliphatic rings. The third-order valence-corrected chi connectivity index (χ3v) is 4.38. The van der Waals surface area contributed by atoms with E-state index in [1.807, 2.05) is 0 Å². The van der Waals surface area contributed by atoms with E-state index in [1.54, 1.807) is 0 Å². The Hall–Kier alpha value is -0.280. The number of nitrogens with one attached hydrogen (secondary N) is 2. The van der Waals surface area contributed by atoms with Gasteiger partial charge in [-0.1, -0.05) is 19.3 Å². The molecule has 0 bridgehead atoms. The first kappa shape index (κ1) is 15.8. The van der Waals surface area contributed by atoms with Crippen molar-refractivity contribution in [1.82, 2.24) is 10.6 Å². The lowest BCUT2D eigenvalue weighted by Gasteiger charge is -2.28. The molecule has 2 fully saturated rings. The highest BCUT2D eigenvalue weighted by molar-refractivity contribution is 5.85. The summed E-state index contributed by atoms with van der Waals surface area (Å²) in [4.78, 5) is 11.9. The van der Waals surface area contributed by atoms with Gasteiger partial charge < -0.3 is 10.6 Å². The van der Waals surface area contributed by atoms with E-state index in [2.05, 4.69) is 17.6 Å². The van der Waals surface area contributed by atoms with Crippen LogP contribution in [0.15, 0.2) is 0 Å². The van der Waals surface area contributed by atoms with Gasteiger partial charge in [-0.25, -0.2) is 0 Å². The fourth-order valence-electron chi connectivity index (χ4n) is 3.22. The van der Waals surface area contributed by atoms with Crippen molar-refractivity contribution in [3.8, 4) is 0 Å². The van der Waals surface area contributed by atoms with Crippen molar-refractivity contribution in [2.45, 2.75) is 57.9 Å². The zero-order valence-electron chi connectivity index (χ0n) is 11.4. The van der Waals surface area contributed by atoms with Gasteiger partial charge in [0.15, 0.2) is 0 Å². The minimum atomic E-state index is 0. The lowest BCUT2D eigenvalue weighted by atomic mass is 9.84. The fraction of sp³-hybridized carbons (Fsp3) is 0.929. The van der Waals surface area contributed by atoms with Gasteiger partial charge in [0.1, 0.15) is 0 Å². The van der Waals surface area contributed by atoms with Crippen LogP contribution in [0.4, 0.5) is 0 Å². The second kappa shape index (κ2) is 8.00. The molecule has 1 aliphatic heterocycles. The van der Waals surface area contributed by atoms with Crippen molar-refractivity contribution in [3.63, 3.8) is 0 Å². The van der Waals surface area contributed by atoms with Crippen molar-refractivity contribution < 1.29 is 4.79 Å². The average molecular weight is 275 g/mol. The third kappa shape index (κ3) is 4.77. The first-order chi connectivity index (χ1) is 8.25. The molecule has 1 amide bonds. The van der Waals surface area contributed by atoms with E-state index < -0.39 is 0 Å². The first-order valence-electron chi connectivity index (χ1n) is 7.26. The van der Waals surface area contributed by atoms with E-state index in [-0.39, 0.29) is 18.3 Å². The standard InChI is InChI=1S/C14H26N2O.ClH/c1-11(13-5-3-2-4-6-13)16-14(17)9-12-7-8-15-10-12;/h11-13,15H,2-10H2,1H3,(H,16,17);1H. The molecule has 1 heterocycles. The fourth-order valence-corrected chi connectivity index (χ4v) is 3.22. The highest BCUT2D eigenvalue weighted by Crippen LogP contribution is 2.26. The smallest absolute Gasteiger partial charge is 0.220 e. The molecule has 0 radical (unpaired) electrons. The maximum Gasteiger partial charge on any atom is 0.220 e. The van der Waals surface area contributed by atoms with Crippen molar-refractivity contribution in [1.29, 1.82) is 0 Å². The Balaban J connectivity index is 0.00000162. The topological polar surface area (TPSA) is 41.1 Å². The summed E-state index contributed by atoms with van der Waals surface area (Å²) in [6.45, 7) is 4.28. The van der Waals surface area contributed by atoms with Gasteiger partial charge in [0.25, 0.3) is 0 Å². The van der Waals surface area contributed by atoms with E-state index in [1.165, 1.54) is 32.1 Å². The molecule has 0 aromatic carbocycles. The lowest BCUT2D eigenvalue weighted by molar-refractivity contribution is -0.122. The summed E-state index contributed by atoms with van der Waals surface area (Å²) in [5.74, 6) is 1.54. The van der Waals surface area contributed by atoms with E-state index in [9.17, 15) is 4.79 Å². The van der Waals surface area contributed by atoms with Crippen LogP contribution in [-0.2, 0) is 4.79 Å². The van der Waals surface area contributed by atoms with Crippen molar-refractivity contribution in [2.75, 3.05) is 13.1 Å². The van der Waals surface area contributed by atoms with Gasteiger partial charge in [-0.2, -0.15) is 0 Å². The van der Waals surface area contributed by atoms with E-state index in [0.29, 0.717) is 18.4 Å². The molecule has 1 saturated heterocycles. The third-order valence-electron chi connectivity index (χ3n) is 4.38. The second-order valence-corrected chi connectivity index (χ2v) is 5.82. The van der Waals surface area contributed by atoms with Gasteiger partial charge in [-0.15, -0.1) is 12.4 Å². The average Bonchev–Trinajstić information content (AvgIpc) is 2.82. The Labute approximate surface area is 117 Å². The van der Waals surface area contributed by atoms with Crippen molar-refractivity contribution in [2.24, 2.45) is 11.8 Å². The predicted octanol–water partition coefficient (Wildman–Crippen LogP) is 2.49. The number of carbonyl (C=O) groups excluding carboxylic acids is 1. The second-order valence-electron chi connectivity index (χ2n) is 5.82. The SMILES string of the molecule is CC(NC(=O)CC1CCNC1)C1CCCCC1.Cl. The highest BCUT2D eigenvalue weighted by Gasteiger charge is 2.23. The molecule has 0 aromatic heterocycles. The number of carbonyl (C=O) groups is 1. The molecule has 2 atom stereocenters. The zero-order valence-corrected chi connectivity index (χ0v) is 12.2. The van der Waals surface area contributed by atoms with Crippen LogP contribution in [0.3, 0.4) is 0 Å². The molecule has 18 heavy (non-hydrogen) atoms. The van der Waals surface area contributed by atoms with Crippen LogP contribution in [0.25, 0.3) is 0 Å². The quantitative estimate of drug-likeness (QED) is 0.827. The molecular weight excluding hydrogens is 248 g/mol. The van der Waals surface area contributed by atoms with Crippen LogP contribution in [0.5, 0.6) is 0 Å². The van der Waals surface area contributed by atoms with E-state index in [0.717, 1.165) is 25.4 Å². The minimum Gasteiger partial charge on any atom is -0.353 e. The molecule has 0 aromatic rings. The predicted molar refractivity (Wildman–Crippen MR) is 77.0 cm³/mol. The Morgan fingerprint density at radius 3 is 2.61 bits per heavy atom. The molecule has 106 valence electrons. The summed E-state index contributed by atoms with van der Waals surface area (Å²) in [6.07, 6.45) is 8.54. The van der Waals surface area contributed by atoms with Crippen LogP contribution >= 0.6 is 12.4 Å². The zero-order chi connectivity index (χ0) is 12.1. The van der Waals surface area contributed by atoms with Crippen LogP contribution in [-0.4, -0.2) is 25.0 Å². The molecule has 3 nitrogen and oxygen atoms in total. The summed E-state index contributed by atoms with van der Waals surface area (Å²) in [5, 5.41) is 6.52. The van der Waals surface area contributed by atoms with Gasteiger partial charge >= 0.3 is 0 Å². The number of amides is 1. The van der Waals surface area contributed by atoms with E-state index in [4.69, 9.17) is 0 Å². The molecule has 2 rings (SSSR count). The van der Waals surface area contributed by atoms with Crippen LogP contribution in [0.1, 0.15) is 51.9 Å². The van der Waals surface area contributed by atoms with Gasteiger partial charge in [-0.3, -0.25) is 4.79 Å². The minimum absolute atomic E-state index is 0. The summed E-state index contributed by atoms with van der Waals surface area (Å²) >= 11 is 0. The largest absolute Gasteiger partial charge is 0.353 e. The van der Waals surface area contributed by atoms with Crippen LogP contribution in [0.2, 0.25) is 0 Å². The maximum absolute atomic E-state index is 11.9. The first-order valence-corrected chi connectivity index (χ1v) is 7.26. The molecule has 2 N–H and O–H groups in total. The summed E-state index contributed by atoms with van der Waals surface area (Å²) < 4.78 is 0. The van der Waals surface area contributed by atoms with E-state index >= 15 is 0 Å². The Morgan fingerprint density at radius 2 is 2.00 bits per heavy atom. The summed E-state index contributed by atoms with van der Waals surface area (Å²) in [5.41, 5.74) is 0. The summed E-state index contributed by atoms with van der Waals surface area (Å²) in [7, 11) is 0. The van der Waals surface area contributed by atoms with Crippen LogP contribution < -0.4 is 10.6 Å². The number of hydrogen-bond acceptors (Lipinski definition) is 2. The molecule has 2 unspecified atom stereocenters. The molecule has 0 spiro atoms. The monoisotopic (exact) mass is 274 g/mol. The number of hydrogen-bond donors (Lipinski definition) is 2. The Bertz CT molecular complexity index is 248. The summed E-state index contributed by atoms with van der Waals surface area (Å²) in [6, 6.07) is 0.372. The van der Waals surface area contributed by atoms with Gasteiger partial charge in [-0.05, 0) is 51.1 Å². The number of rotatable bonds is 4. The molecule has 1 saturated carbocycles. The maximum atomic E-state index is 11.9. The van der Waals surface area contributed by atoms with Crippen LogP contribution in [0, 0.1) is 11.8 Å². The van der Waals surface area contributed by atoms with Crippen molar-refractivity contribution in [3.05, 3.63) is 0 Å².